The predicted molar refractivity (Wildman–Crippen MR) is 129 cm³/mol. The molecule has 2 aliphatic heterocycles. The number of carbonyl (C=O) groups excluding carboxylic acids is 2. The Kier molecular flexibility index (Phi) is 6.73. The van der Waals surface area contributed by atoms with Crippen LogP contribution in [0.5, 0.6) is 0 Å². The topological polar surface area (TPSA) is 73.5 Å². The maximum atomic E-state index is 15.2. The lowest BCUT2D eigenvalue weighted by atomic mass is 10.0. The lowest BCUT2D eigenvalue weighted by molar-refractivity contribution is -0.137. The van der Waals surface area contributed by atoms with Crippen molar-refractivity contribution >= 4 is 35.3 Å². The highest BCUT2D eigenvalue weighted by molar-refractivity contribution is 7.97. The Hall–Kier alpha value is -3.71. The van der Waals surface area contributed by atoms with E-state index in [1.807, 2.05) is 6.07 Å². The van der Waals surface area contributed by atoms with Gasteiger partial charge in [-0.1, -0.05) is 18.2 Å². The van der Waals surface area contributed by atoms with E-state index in [9.17, 15) is 27.2 Å². The Balaban J connectivity index is 1.29. The number of hydrogen-bond donors (Lipinski definition) is 3. The SMILES string of the molecule is O=C(Nc1ccc(C(F)(F)F)cc1F)N[C@@H]1CCN(c2ccc(-c3cccc4c3SNC4)c(F)c2F)C1=O. The third kappa shape index (κ3) is 4.78. The van der Waals surface area contributed by atoms with Gasteiger partial charge in [-0.2, -0.15) is 13.2 Å². The van der Waals surface area contributed by atoms with Crippen molar-refractivity contribution in [3.8, 4) is 11.1 Å². The van der Waals surface area contributed by atoms with Crippen LogP contribution in [0.4, 0.5) is 42.5 Å². The van der Waals surface area contributed by atoms with Gasteiger partial charge in [0.1, 0.15) is 11.9 Å². The molecule has 3 aromatic carbocycles. The molecular formula is C25H18F6N4O2S. The number of hydrogen-bond acceptors (Lipinski definition) is 4. The smallest absolute Gasteiger partial charge is 0.326 e. The highest BCUT2D eigenvalue weighted by atomic mass is 32.2. The third-order valence-electron chi connectivity index (χ3n) is 6.23. The van der Waals surface area contributed by atoms with E-state index >= 15 is 8.78 Å². The molecule has 3 N–H and O–H groups in total. The number of benzene rings is 3. The van der Waals surface area contributed by atoms with Crippen molar-refractivity contribution in [2.75, 3.05) is 16.8 Å². The number of nitrogens with zero attached hydrogens (tertiary/aromatic N) is 1. The highest BCUT2D eigenvalue weighted by Crippen LogP contribution is 2.40. The van der Waals surface area contributed by atoms with E-state index in [0.29, 0.717) is 18.2 Å². The van der Waals surface area contributed by atoms with E-state index in [1.54, 1.807) is 12.1 Å². The molecule has 5 rings (SSSR count). The zero-order chi connectivity index (χ0) is 27.2. The first kappa shape index (κ1) is 25.9. The standard InChI is InChI=1S/C25H18F6N4O2S/c26-16-10-13(25(29,30)31)4-6-17(16)33-24(37)34-18-8-9-35(23(18)36)19-7-5-14(20(27)21(19)28)15-3-1-2-12-11-32-38-22(12)15/h1-7,10,18,32H,8-9,11H2,(H2,33,34,37)/t18-/m1/s1. The predicted octanol–water partition coefficient (Wildman–Crippen LogP) is 5.83. The third-order valence-corrected chi connectivity index (χ3v) is 7.21. The van der Waals surface area contributed by atoms with E-state index < -0.39 is 52.9 Å². The van der Waals surface area contributed by atoms with Gasteiger partial charge in [-0.05, 0) is 59.8 Å². The summed E-state index contributed by atoms with van der Waals surface area (Å²) < 4.78 is 85.5. The first-order valence-corrected chi connectivity index (χ1v) is 12.1. The Morgan fingerprint density at radius 2 is 1.82 bits per heavy atom. The van der Waals surface area contributed by atoms with Crippen LogP contribution in [-0.4, -0.2) is 24.5 Å². The van der Waals surface area contributed by atoms with Gasteiger partial charge in [0.2, 0.25) is 5.91 Å². The molecular weight excluding hydrogens is 534 g/mol. The van der Waals surface area contributed by atoms with Crippen molar-refractivity contribution in [3.05, 3.63) is 77.1 Å². The summed E-state index contributed by atoms with van der Waals surface area (Å²) in [5, 5.41) is 4.35. The van der Waals surface area contributed by atoms with Gasteiger partial charge >= 0.3 is 12.2 Å². The first-order valence-electron chi connectivity index (χ1n) is 11.3. The molecule has 0 spiro atoms. The van der Waals surface area contributed by atoms with Crippen LogP contribution >= 0.6 is 11.9 Å². The fourth-order valence-corrected chi connectivity index (χ4v) is 5.29. The number of anilines is 2. The van der Waals surface area contributed by atoms with Crippen LogP contribution in [0.15, 0.2) is 53.4 Å². The van der Waals surface area contributed by atoms with Gasteiger partial charge in [0.15, 0.2) is 11.6 Å². The van der Waals surface area contributed by atoms with Crippen LogP contribution in [0, 0.1) is 17.5 Å². The van der Waals surface area contributed by atoms with Crippen molar-refractivity contribution in [2.24, 2.45) is 0 Å². The minimum Gasteiger partial charge on any atom is -0.326 e. The second kappa shape index (κ2) is 9.87. The zero-order valence-corrected chi connectivity index (χ0v) is 20.1. The molecule has 0 saturated carbocycles. The van der Waals surface area contributed by atoms with Crippen molar-refractivity contribution < 1.29 is 35.9 Å². The number of nitrogens with one attached hydrogen (secondary N) is 3. The number of urea groups is 1. The van der Waals surface area contributed by atoms with Gasteiger partial charge in [-0.3, -0.25) is 9.52 Å². The Morgan fingerprint density at radius 3 is 2.55 bits per heavy atom. The highest BCUT2D eigenvalue weighted by Gasteiger charge is 2.36. The Labute approximate surface area is 216 Å². The van der Waals surface area contributed by atoms with Crippen LogP contribution in [0.2, 0.25) is 0 Å². The molecule has 1 fully saturated rings. The number of rotatable bonds is 4. The summed E-state index contributed by atoms with van der Waals surface area (Å²) in [6.45, 7) is 0.556. The van der Waals surface area contributed by atoms with E-state index in [-0.39, 0.29) is 30.3 Å². The van der Waals surface area contributed by atoms with Crippen molar-refractivity contribution in [3.63, 3.8) is 0 Å². The quantitative estimate of drug-likeness (QED) is 0.282. The summed E-state index contributed by atoms with van der Waals surface area (Å²) in [7, 11) is 0. The van der Waals surface area contributed by atoms with Crippen molar-refractivity contribution in [2.45, 2.75) is 30.1 Å². The number of halogens is 6. The van der Waals surface area contributed by atoms with Crippen LogP contribution in [0.3, 0.4) is 0 Å². The minimum atomic E-state index is -4.76. The number of alkyl halides is 3. The van der Waals surface area contributed by atoms with Gasteiger partial charge in [-0.15, -0.1) is 0 Å². The molecule has 3 aromatic rings. The lowest BCUT2D eigenvalue weighted by Crippen LogP contribution is -2.43. The fraction of sp³-hybridized carbons (Fsp3) is 0.200. The molecule has 0 aromatic heterocycles. The maximum Gasteiger partial charge on any atom is 0.416 e. The molecule has 6 nitrogen and oxygen atoms in total. The molecule has 0 unspecified atom stereocenters. The van der Waals surface area contributed by atoms with Crippen LogP contribution in [0.25, 0.3) is 11.1 Å². The van der Waals surface area contributed by atoms with Gasteiger partial charge in [0, 0.05) is 23.5 Å². The van der Waals surface area contributed by atoms with Gasteiger partial charge in [0.25, 0.3) is 0 Å². The molecule has 38 heavy (non-hydrogen) atoms. The van der Waals surface area contributed by atoms with Crippen LogP contribution in [-0.2, 0) is 17.5 Å². The molecule has 198 valence electrons. The molecule has 2 aliphatic rings. The van der Waals surface area contributed by atoms with E-state index in [0.717, 1.165) is 21.4 Å². The average Bonchev–Trinajstić information content (AvgIpc) is 3.48. The Bertz CT molecular complexity index is 1450. The molecule has 1 saturated heterocycles. The monoisotopic (exact) mass is 552 g/mol. The molecule has 0 bridgehead atoms. The van der Waals surface area contributed by atoms with E-state index in [2.05, 4.69) is 15.4 Å². The van der Waals surface area contributed by atoms with Gasteiger partial charge < -0.3 is 15.5 Å². The largest absolute Gasteiger partial charge is 0.416 e. The number of fused-ring (bicyclic) bond motifs is 1. The molecule has 2 heterocycles. The van der Waals surface area contributed by atoms with Crippen molar-refractivity contribution in [1.82, 2.24) is 10.0 Å². The van der Waals surface area contributed by atoms with Crippen LogP contribution < -0.4 is 20.3 Å². The minimum absolute atomic E-state index is 0.0331. The maximum absolute atomic E-state index is 15.2. The van der Waals surface area contributed by atoms with E-state index in [1.165, 1.54) is 24.1 Å². The normalized spacial score (nSPS) is 17.1. The fourth-order valence-electron chi connectivity index (χ4n) is 4.36. The van der Waals surface area contributed by atoms with Crippen LogP contribution in [0.1, 0.15) is 17.5 Å². The lowest BCUT2D eigenvalue weighted by Gasteiger charge is -2.20. The summed E-state index contributed by atoms with van der Waals surface area (Å²) in [6.07, 6.45) is -4.72. The second-order valence-corrected chi connectivity index (χ2v) is 9.50. The van der Waals surface area contributed by atoms with Gasteiger partial charge in [-0.25, -0.2) is 18.0 Å². The summed E-state index contributed by atoms with van der Waals surface area (Å²) in [5.74, 6) is -4.38. The van der Waals surface area contributed by atoms with E-state index in [4.69, 9.17) is 0 Å². The Morgan fingerprint density at radius 1 is 1.03 bits per heavy atom. The average molecular weight is 553 g/mol. The number of amides is 3. The zero-order valence-electron chi connectivity index (χ0n) is 19.3. The molecule has 3 amide bonds. The first-order chi connectivity index (χ1) is 18.0. The summed E-state index contributed by atoms with van der Waals surface area (Å²) in [4.78, 5) is 26.9. The summed E-state index contributed by atoms with van der Waals surface area (Å²) in [5.41, 5.74) is -0.543. The number of carbonyl (C=O) groups is 2. The van der Waals surface area contributed by atoms with Crippen molar-refractivity contribution in [1.29, 1.82) is 0 Å². The molecule has 0 aliphatic carbocycles. The summed E-state index contributed by atoms with van der Waals surface area (Å²) in [6, 6.07) is 7.37. The molecule has 1 atom stereocenters. The molecule has 0 radical (unpaired) electrons. The second-order valence-electron chi connectivity index (χ2n) is 8.60. The van der Waals surface area contributed by atoms with Gasteiger partial charge in [0.05, 0.1) is 16.9 Å². The summed E-state index contributed by atoms with van der Waals surface area (Å²) >= 11 is 1.32. The molecule has 13 heteroatoms.